The molecule has 66 valence electrons. The van der Waals surface area contributed by atoms with Gasteiger partial charge < -0.3 is 4.74 Å². The molecular weight excluding hydrogens is 156 g/mol. The summed E-state index contributed by atoms with van der Waals surface area (Å²) in [5.74, 6) is 4.28. The van der Waals surface area contributed by atoms with Gasteiger partial charge in [0.15, 0.2) is 6.10 Å². The number of carbonyl (C=O) groups is 2. The van der Waals surface area contributed by atoms with Crippen LogP contribution in [0.5, 0.6) is 0 Å². The molecule has 0 heterocycles. The Labute approximate surface area is 72.1 Å². The van der Waals surface area contributed by atoms with Gasteiger partial charge in [0.25, 0.3) is 0 Å². The zero-order valence-corrected chi connectivity index (χ0v) is 7.51. The van der Waals surface area contributed by atoms with Crippen LogP contribution in [0.3, 0.4) is 0 Å². The first-order valence-corrected chi connectivity index (χ1v) is 3.77. The molecule has 0 aliphatic carbocycles. The van der Waals surface area contributed by atoms with Gasteiger partial charge in [-0.15, -0.1) is 0 Å². The van der Waals surface area contributed by atoms with Crippen LogP contribution < -0.4 is 0 Å². The van der Waals surface area contributed by atoms with Gasteiger partial charge in [-0.2, -0.15) is 0 Å². The number of carbonyl (C=O) groups excluding carboxylic acids is 2. The van der Waals surface area contributed by atoms with Crippen LogP contribution in [0.15, 0.2) is 0 Å². The molecule has 0 amide bonds. The van der Waals surface area contributed by atoms with Crippen molar-refractivity contribution in [2.24, 2.45) is 0 Å². The molecule has 0 fully saturated rings. The Kier molecular flexibility index (Phi) is 4.78. The molecule has 3 nitrogen and oxygen atoms in total. The summed E-state index contributed by atoms with van der Waals surface area (Å²) in [6.07, 6.45) is -0.173. The van der Waals surface area contributed by atoms with Crippen LogP contribution in [-0.2, 0) is 14.3 Å². The quantitative estimate of drug-likeness (QED) is 0.350. The number of esters is 1. The van der Waals surface area contributed by atoms with Crippen molar-refractivity contribution in [2.75, 3.05) is 0 Å². The van der Waals surface area contributed by atoms with Crippen molar-refractivity contribution in [1.29, 1.82) is 0 Å². The van der Waals surface area contributed by atoms with Crippen molar-refractivity contribution in [2.45, 2.75) is 33.3 Å². The molecule has 0 spiro atoms. The van der Waals surface area contributed by atoms with Crippen LogP contribution in [-0.4, -0.2) is 17.9 Å². The highest BCUT2D eigenvalue weighted by Gasteiger charge is 2.02. The molecule has 0 saturated heterocycles. The Balaban J connectivity index is 3.91. The molecule has 12 heavy (non-hydrogen) atoms. The van der Waals surface area contributed by atoms with Gasteiger partial charge in [-0.25, -0.2) is 0 Å². The van der Waals surface area contributed by atoms with Gasteiger partial charge in [-0.3, -0.25) is 9.59 Å². The maximum atomic E-state index is 10.7. The van der Waals surface area contributed by atoms with Crippen LogP contribution in [0.1, 0.15) is 27.2 Å². The molecular formula is C9H12O3. The van der Waals surface area contributed by atoms with Gasteiger partial charge in [0.05, 0.1) is 0 Å². The van der Waals surface area contributed by atoms with Gasteiger partial charge in [0.2, 0.25) is 5.78 Å². The average molecular weight is 168 g/mol. The Morgan fingerprint density at radius 3 is 2.50 bits per heavy atom. The summed E-state index contributed by atoms with van der Waals surface area (Å²) >= 11 is 0. The summed E-state index contributed by atoms with van der Waals surface area (Å²) in [5, 5.41) is 0. The predicted molar refractivity (Wildman–Crippen MR) is 44.3 cm³/mol. The van der Waals surface area contributed by atoms with E-state index in [0.29, 0.717) is 6.42 Å². The molecule has 0 aromatic carbocycles. The highest BCUT2D eigenvalue weighted by atomic mass is 16.5. The van der Waals surface area contributed by atoms with Gasteiger partial charge in [-0.1, -0.05) is 12.8 Å². The first-order chi connectivity index (χ1) is 5.56. The third kappa shape index (κ3) is 5.48. The van der Waals surface area contributed by atoms with E-state index in [1.165, 1.54) is 6.92 Å². The smallest absolute Gasteiger partial charge is 0.306 e. The summed E-state index contributed by atoms with van der Waals surface area (Å²) in [4.78, 5) is 21.1. The van der Waals surface area contributed by atoms with E-state index < -0.39 is 6.10 Å². The molecule has 0 rings (SSSR count). The van der Waals surface area contributed by atoms with Gasteiger partial charge >= 0.3 is 5.97 Å². The van der Waals surface area contributed by atoms with Crippen LogP contribution in [0.4, 0.5) is 0 Å². The number of ketones is 1. The first-order valence-electron chi connectivity index (χ1n) is 3.77. The number of rotatable bonds is 2. The third-order valence-electron chi connectivity index (χ3n) is 1.05. The molecule has 0 aromatic heterocycles. The molecule has 1 unspecified atom stereocenters. The second kappa shape index (κ2) is 5.36. The van der Waals surface area contributed by atoms with Crippen molar-refractivity contribution >= 4 is 11.8 Å². The van der Waals surface area contributed by atoms with Crippen molar-refractivity contribution in [3.8, 4) is 11.8 Å². The summed E-state index contributed by atoms with van der Waals surface area (Å²) in [5.41, 5.74) is 0. The monoisotopic (exact) mass is 168 g/mol. The second-order valence-corrected chi connectivity index (χ2v) is 2.31. The van der Waals surface area contributed by atoms with E-state index in [9.17, 15) is 9.59 Å². The molecule has 1 atom stereocenters. The molecule has 0 aliphatic rings. The Morgan fingerprint density at radius 1 is 1.50 bits per heavy atom. The summed E-state index contributed by atoms with van der Waals surface area (Å²) < 4.78 is 4.79. The highest BCUT2D eigenvalue weighted by Crippen LogP contribution is 1.91. The standard InChI is InChI=1S/C9H12O3/c1-4-9(11)12-8(3)6-5-7(2)10/h8H,4H2,1-3H3. The number of ether oxygens (including phenoxy) is 1. The molecule has 0 bridgehead atoms. The SMILES string of the molecule is CCC(=O)OC(C)C#CC(C)=O. The van der Waals surface area contributed by atoms with E-state index in [0.717, 1.165) is 0 Å². The Bertz CT molecular complexity index is 232. The topological polar surface area (TPSA) is 43.4 Å². The van der Waals surface area contributed by atoms with Crippen molar-refractivity contribution < 1.29 is 14.3 Å². The fourth-order valence-corrected chi connectivity index (χ4v) is 0.513. The average Bonchev–Trinajstić information content (AvgIpc) is 2.00. The van der Waals surface area contributed by atoms with Crippen LogP contribution in [0.25, 0.3) is 0 Å². The fraction of sp³-hybridized carbons (Fsp3) is 0.556. The van der Waals surface area contributed by atoms with Crippen LogP contribution in [0, 0.1) is 11.8 Å². The highest BCUT2D eigenvalue weighted by molar-refractivity contribution is 5.93. The molecule has 3 heteroatoms. The van der Waals surface area contributed by atoms with Gasteiger partial charge in [0.1, 0.15) is 0 Å². The minimum Gasteiger partial charge on any atom is -0.449 e. The van der Waals surface area contributed by atoms with Gasteiger partial charge in [-0.05, 0) is 12.8 Å². The number of Topliss-reactive ketones (excluding diaryl/α,β-unsaturated/α-hetero) is 1. The molecule has 0 aromatic rings. The molecule has 0 N–H and O–H groups in total. The number of hydrogen-bond acceptors (Lipinski definition) is 3. The van der Waals surface area contributed by atoms with E-state index in [1.807, 2.05) is 0 Å². The fourth-order valence-electron chi connectivity index (χ4n) is 0.513. The Hall–Kier alpha value is -1.30. The van der Waals surface area contributed by atoms with Crippen molar-refractivity contribution in [3.05, 3.63) is 0 Å². The van der Waals surface area contributed by atoms with E-state index in [4.69, 9.17) is 4.74 Å². The molecule has 0 saturated carbocycles. The Morgan fingerprint density at radius 2 is 2.08 bits per heavy atom. The first kappa shape index (κ1) is 10.7. The van der Waals surface area contributed by atoms with Crippen molar-refractivity contribution in [1.82, 2.24) is 0 Å². The zero-order chi connectivity index (χ0) is 9.56. The second-order valence-electron chi connectivity index (χ2n) is 2.31. The van der Waals surface area contributed by atoms with Crippen LogP contribution in [0.2, 0.25) is 0 Å². The van der Waals surface area contributed by atoms with E-state index in [-0.39, 0.29) is 11.8 Å². The molecule has 0 aliphatic heterocycles. The maximum absolute atomic E-state index is 10.7. The lowest BCUT2D eigenvalue weighted by Gasteiger charge is -2.04. The lowest BCUT2D eigenvalue weighted by molar-refractivity contribution is -0.145. The van der Waals surface area contributed by atoms with E-state index >= 15 is 0 Å². The maximum Gasteiger partial charge on any atom is 0.306 e. The van der Waals surface area contributed by atoms with Crippen molar-refractivity contribution in [3.63, 3.8) is 0 Å². The minimum absolute atomic E-state index is 0.227. The van der Waals surface area contributed by atoms with E-state index in [2.05, 4.69) is 11.8 Å². The lowest BCUT2D eigenvalue weighted by Crippen LogP contribution is -2.11. The third-order valence-corrected chi connectivity index (χ3v) is 1.05. The lowest BCUT2D eigenvalue weighted by atomic mass is 10.3. The largest absolute Gasteiger partial charge is 0.449 e. The molecule has 0 radical (unpaired) electrons. The normalized spacial score (nSPS) is 10.9. The summed E-state index contributed by atoms with van der Waals surface area (Å²) in [6, 6.07) is 0. The summed E-state index contributed by atoms with van der Waals surface area (Å²) in [6.45, 7) is 4.69. The summed E-state index contributed by atoms with van der Waals surface area (Å²) in [7, 11) is 0. The zero-order valence-electron chi connectivity index (χ0n) is 7.51. The predicted octanol–water partition coefficient (Wildman–Crippen LogP) is 0.920. The van der Waals surface area contributed by atoms with Crippen LogP contribution >= 0.6 is 0 Å². The van der Waals surface area contributed by atoms with Gasteiger partial charge in [0, 0.05) is 13.3 Å². The van der Waals surface area contributed by atoms with E-state index in [1.54, 1.807) is 13.8 Å². The minimum atomic E-state index is -0.499. The number of hydrogen-bond donors (Lipinski definition) is 0.